The Balaban J connectivity index is 2.13. The normalized spacial score (nSPS) is 10.5. The van der Waals surface area contributed by atoms with Crippen LogP contribution in [0.5, 0.6) is 0 Å². The quantitative estimate of drug-likeness (QED) is 0.671. The van der Waals surface area contributed by atoms with Crippen LogP contribution in [-0.4, -0.2) is 5.91 Å². The molecule has 1 amide bonds. The molecule has 20 heavy (non-hydrogen) atoms. The minimum absolute atomic E-state index is 0.154. The molecule has 0 unspecified atom stereocenters. The maximum atomic E-state index is 13.8. The third-order valence-corrected chi connectivity index (χ3v) is 4.22. The first-order valence-electron chi connectivity index (χ1n) is 5.73. The van der Waals surface area contributed by atoms with E-state index in [2.05, 4.69) is 0 Å². The first kappa shape index (κ1) is 14.7. The predicted molar refractivity (Wildman–Crippen MR) is 80.3 cm³/mol. The summed E-state index contributed by atoms with van der Waals surface area (Å²) in [7, 11) is 0. The Kier molecular flexibility index (Phi) is 4.52. The van der Waals surface area contributed by atoms with Crippen LogP contribution in [0.4, 0.5) is 10.1 Å². The van der Waals surface area contributed by atoms with Gasteiger partial charge < -0.3 is 11.5 Å². The Bertz CT molecular complexity index is 664. The van der Waals surface area contributed by atoms with Crippen molar-refractivity contribution in [2.75, 3.05) is 5.73 Å². The van der Waals surface area contributed by atoms with Gasteiger partial charge >= 0.3 is 0 Å². The predicted octanol–water partition coefficient (Wildman–Crippen LogP) is 3.45. The topological polar surface area (TPSA) is 69.1 Å². The van der Waals surface area contributed by atoms with Gasteiger partial charge in [0.2, 0.25) is 5.91 Å². The summed E-state index contributed by atoms with van der Waals surface area (Å²) in [6.45, 7) is 0. The first-order valence-corrected chi connectivity index (χ1v) is 7.10. The number of hydrogen-bond acceptors (Lipinski definition) is 3. The summed E-state index contributed by atoms with van der Waals surface area (Å²) in [6, 6.07) is 9.37. The number of benzene rings is 2. The summed E-state index contributed by atoms with van der Waals surface area (Å²) in [5, 5.41) is 0.532. The monoisotopic (exact) mass is 310 g/mol. The summed E-state index contributed by atoms with van der Waals surface area (Å²) < 4.78 is 13.8. The largest absolute Gasteiger partial charge is 0.399 e. The third-order valence-electron chi connectivity index (χ3n) is 2.68. The molecule has 6 heteroatoms. The fourth-order valence-electron chi connectivity index (χ4n) is 1.61. The number of rotatable bonds is 4. The van der Waals surface area contributed by atoms with E-state index in [9.17, 15) is 9.18 Å². The summed E-state index contributed by atoms with van der Waals surface area (Å²) >= 11 is 7.44. The van der Waals surface area contributed by atoms with E-state index in [0.29, 0.717) is 22.0 Å². The molecule has 0 aliphatic rings. The van der Waals surface area contributed by atoms with Crippen LogP contribution in [0.2, 0.25) is 5.02 Å². The Morgan fingerprint density at radius 3 is 2.60 bits per heavy atom. The molecular formula is C14H12ClFN2OS. The Labute approximate surface area is 125 Å². The van der Waals surface area contributed by atoms with Gasteiger partial charge in [0.05, 0.1) is 5.02 Å². The summed E-state index contributed by atoms with van der Waals surface area (Å²) in [5.74, 6) is -0.709. The van der Waals surface area contributed by atoms with Crippen LogP contribution in [-0.2, 0) is 5.75 Å². The second kappa shape index (κ2) is 6.15. The van der Waals surface area contributed by atoms with E-state index in [1.54, 1.807) is 24.3 Å². The highest BCUT2D eigenvalue weighted by Gasteiger charge is 2.09. The van der Waals surface area contributed by atoms with Crippen molar-refractivity contribution >= 4 is 35.0 Å². The number of halogens is 2. The van der Waals surface area contributed by atoms with E-state index in [4.69, 9.17) is 23.1 Å². The van der Waals surface area contributed by atoms with E-state index < -0.39 is 11.7 Å². The maximum Gasteiger partial charge on any atom is 0.248 e. The molecule has 2 aromatic rings. The van der Waals surface area contributed by atoms with Crippen molar-refractivity contribution in [3.05, 3.63) is 58.4 Å². The number of carbonyl (C=O) groups excluding carboxylic acids is 1. The van der Waals surface area contributed by atoms with Crippen molar-refractivity contribution in [3.63, 3.8) is 0 Å². The Morgan fingerprint density at radius 2 is 2.00 bits per heavy atom. The fourth-order valence-corrected chi connectivity index (χ4v) is 2.87. The van der Waals surface area contributed by atoms with Gasteiger partial charge in [-0.15, -0.1) is 11.8 Å². The maximum absolute atomic E-state index is 13.8. The highest BCUT2D eigenvalue weighted by molar-refractivity contribution is 7.98. The molecule has 0 aliphatic carbocycles. The van der Waals surface area contributed by atoms with Crippen molar-refractivity contribution in [3.8, 4) is 0 Å². The van der Waals surface area contributed by atoms with Crippen molar-refractivity contribution in [2.45, 2.75) is 10.6 Å². The van der Waals surface area contributed by atoms with Gasteiger partial charge in [0.15, 0.2) is 0 Å². The lowest BCUT2D eigenvalue weighted by Gasteiger charge is -2.07. The second-order valence-corrected chi connectivity index (χ2v) is 5.57. The van der Waals surface area contributed by atoms with Gasteiger partial charge in [0.25, 0.3) is 0 Å². The molecule has 0 atom stereocenters. The van der Waals surface area contributed by atoms with Gasteiger partial charge in [-0.1, -0.05) is 17.7 Å². The molecule has 2 rings (SSSR count). The lowest BCUT2D eigenvalue weighted by atomic mass is 10.1. The van der Waals surface area contributed by atoms with E-state index in [-0.39, 0.29) is 5.56 Å². The zero-order valence-corrected chi connectivity index (χ0v) is 12.0. The van der Waals surface area contributed by atoms with Crippen LogP contribution in [0.25, 0.3) is 0 Å². The number of amides is 1. The molecular weight excluding hydrogens is 299 g/mol. The molecule has 0 aliphatic heterocycles. The summed E-state index contributed by atoms with van der Waals surface area (Å²) in [4.78, 5) is 11.8. The molecule has 2 aromatic carbocycles. The smallest absolute Gasteiger partial charge is 0.248 e. The van der Waals surface area contributed by atoms with Crippen molar-refractivity contribution in [2.24, 2.45) is 5.73 Å². The number of primary amides is 1. The molecule has 0 saturated carbocycles. The van der Waals surface area contributed by atoms with Gasteiger partial charge in [0.1, 0.15) is 5.82 Å². The standard InChI is InChI=1S/C14H12ClFN2OS/c15-11-6-10(17)3-4-13(11)20-7-9-2-1-8(14(18)19)5-12(9)16/h1-6H,7,17H2,(H2,18,19). The molecule has 0 fully saturated rings. The highest BCUT2D eigenvalue weighted by Crippen LogP contribution is 2.31. The number of hydrogen-bond donors (Lipinski definition) is 2. The van der Waals surface area contributed by atoms with Gasteiger partial charge in [0, 0.05) is 21.9 Å². The van der Waals surface area contributed by atoms with Crippen LogP contribution >= 0.6 is 23.4 Å². The molecule has 0 saturated heterocycles. The Hall–Kier alpha value is -1.72. The molecule has 0 radical (unpaired) electrons. The van der Waals surface area contributed by atoms with Crippen LogP contribution in [0.15, 0.2) is 41.3 Å². The lowest BCUT2D eigenvalue weighted by Crippen LogP contribution is -2.11. The molecule has 0 heterocycles. The van der Waals surface area contributed by atoms with Gasteiger partial charge in [-0.3, -0.25) is 4.79 Å². The fraction of sp³-hybridized carbons (Fsp3) is 0.0714. The molecule has 0 aromatic heterocycles. The van der Waals surface area contributed by atoms with Gasteiger partial charge in [-0.25, -0.2) is 4.39 Å². The third kappa shape index (κ3) is 3.43. The molecule has 104 valence electrons. The van der Waals surface area contributed by atoms with E-state index in [1.807, 2.05) is 0 Å². The van der Waals surface area contributed by atoms with Crippen molar-refractivity contribution in [1.82, 2.24) is 0 Å². The molecule has 4 N–H and O–H groups in total. The van der Waals surface area contributed by atoms with Gasteiger partial charge in [-0.2, -0.15) is 0 Å². The van der Waals surface area contributed by atoms with Gasteiger partial charge in [-0.05, 0) is 35.9 Å². The minimum atomic E-state index is -0.648. The van der Waals surface area contributed by atoms with E-state index in [1.165, 1.54) is 17.8 Å². The molecule has 0 spiro atoms. The van der Waals surface area contributed by atoms with Crippen LogP contribution < -0.4 is 11.5 Å². The van der Waals surface area contributed by atoms with Crippen molar-refractivity contribution < 1.29 is 9.18 Å². The zero-order chi connectivity index (χ0) is 14.7. The van der Waals surface area contributed by atoms with E-state index >= 15 is 0 Å². The van der Waals surface area contributed by atoms with Crippen LogP contribution in [0.3, 0.4) is 0 Å². The lowest BCUT2D eigenvalue weighted by molar-refractivity contribution is 0.1000. The van der Waals surface area contributed by atoms with E-state index in [0.717, 1.165) is 11.0 Å². The number of nitrogens with two attached hydrogens (primary N) is 2. The number of thioether (sulfide) groups is 1. The average Bonchev–Trinajstić information content (AvgIpc) is 2.38. The van der Waals surface area contributed by atoms with Crippen molar-refractivity contribution in [1.29, 1.82) is 0 Å². The minimum Gasteiger partial charge on any atom is -0.399 e. The Morgan fingerprint density at radius 1 is 1.25 bits per heavy atom. The van der Waals surface area contributed by atoms with Crippen LogP contribution in [0.1, 0.15) is 15.9 Å². The average molecular weight is 311 g/mol. The number of anilines is 1. The first-order chi connectivity index (χ1) is 9.47. The number of nitrogen functional groups attached to an aromatic ring is 1. The molecule has 0 bridgehead atoms. The second-order valence-electron chi connectivity index (χ2n) is 4.15. The van der Waals surface area contributed by atoms with Crippen LogP contribution in [0, 0.1) is 5.82 Å². The highest BCUT2D eigenvalue weighted by atomic mass is 35.5. The summed E-state index contributed by atoms with van der Waals surface area (Å²) in [6.07, 6.45) is 0. The zero-order valence-electron chi connectivity index (χ0n) is 10.4. The SMILES string of the molecule is NC(=O)c1ccc(CSc2ccc(N)cc2Cl)c(F)c1. The summed E-state index contributed by atoms with van der Waals surface area (Å²) in [5.41, 5.74) is 11.9. The molecule has 3 nitrogen and oxygen atoms in total. The number of carbonyl (C=O) groups is 1.